The largest absolute Gasteiger partial charge is 0.374 e. The average molecular weight is 305 g/mol. The minimum atomic E-state index is 0.255. The second-order valence-corrected chi connectivity index (χ2v) is 6.64. The van der Waals surface area contributed by atoms with E-state index in [1.165, 1.54) is 32.1 Å². The molecule has 0 N–H and O–H groups in total. The summed E-state index contributed by atoms with van der Waals surface area (Å²) in [5.41, 5.74) is 1.12. The van der Waals surface area contributed by atoms with Gasteiger partial charge in [0.25, 0.3) is 0 Å². The summed E-state index contributed by atoms with van der Waals surface area (Å²) in [7, 11) is 1.97. The Bertz CT molecular complexity index is 494. The van der Waals surface area contributed by atoms with Crippen molar-refractivity contribution in [3.8, 4) is 0 Å². The van der Waals surface area contributed by atoms with E-state index in [0.29, 0.717) is 18.9 Å². The molecule has 1 aliphatic carbocycles. The number of aryl methyl sites for hydroxylation is 2. The predicted octanol–water partition coefficient (Wildman–Crippen LogP) is 2.16. The molecule has 1 aromatic rings. The van der Waals surface area contributed by atoms with Crippen LogP contribution in [0.3, 0.4) is 0 Å². The van der Waals surface area contributed by atoms with Gasteiger partial charge < -0.3 is 14.2 Å². The second kappa shape index (κ2) is 7.27. The van der Waals surface area contributed by atoms with Gasteiger partial charge in [-0.05, 0) is 25.2 Å². The van der Waals surface area contributed by atoms with Crippen molar-refractivity contribution in [1.29, 1.82) is 0 Å². The first-order valence-electron chi connectivity index (χ1n) is 8.58. The summed E-state index contributed by atoms with van der Waals surface area (Å²) < 4.78 is 7.94. The highest BCUT2D eigenvalue weighted by atomic mass is 16.5. The van der Waals surface area contributed by atoms with Crippen molar-refractivity contribution in [2.75, 3.05) is 19.7 Å². The first-order chi connectivity index (χ1) is 10.7. The third kappa shape index (κ3) is 3.69. The van der Waals surface area contributed by atoms with Crippen molar-refractivity contribution in [2.45, 2.75) is 51.0 Å². The molecule has 0 aromatic carbocycles. The lowest BCUT2D eigenvalue weighted by Gasteiger charge is -2.38. The molecule has 0 radical (unpaired) electrons. The minimum absolute atomic E-state index is 0.255. The zero-order chi connectivity index (χ0) is 15.4. The van der Waals surface area contributed by atoms with E-state index >= 15 is 0 Å². The number of hydrogen-bond acceptors (Lipinski definition) is 3. The molecule has 5 nitrogen and oxygen atoms in total. The summed E-state index contributed by atoms with van der Waals surface area (Å²) in [6.45, 7) is 2.22. The first-order valence-corrected chi connectivity index (χ1v) is 8.58. The van der Waals surface area contributed by atoms with Crippen LogP contribution in [0.1, 0.15) is 44.2 Å². The Kier molecular flexibility index (Phi) is 5.13. The van der Waals surface area contributed by atoms with Gasteiger partial charge in [0.05, 0.1) is 19.0 Å². The van der Waals surface area contributed by atoms with Crippen LogP contribution in [0.2, 0.25) is 0 Å². The fourth-order valence-electron chi connectivity index (χ4n) is 3.71. The monoisotopic (exact) mass is 305 g/mol. The second-order valence-electron chi connectivity index (χ2n) is 6.64. The van der Waals surface area contributed by atoms with Gasteiger partial charge in [0.2, 0.25) is 5.91 Å². The maximum atomic E-state index is 12.5. The molecule has 22 heavy (non-hydrogen) atoms. The maximum absolute atomic E-state index is 12.5. The van der Waals surface area contributed by atoms with Crippen LogP contribution in [0.25, 0.3) is 0 Å². The minimum Gasteiger partial charge on any atom is -0.374 e. The zero-order valence-corrected chi connectivity index (χ0v) is 13.5. The highest BCUT2D eigenvalue weighted by Crippen LogP contribution is 2.29. The van der Waals surface area contributed by atoms with Crippen LogP contribution >= 0.6 is 0 Å². The molecule has 2 aliphatic rings. The molecule has 1 aromatic heterocycles. The van der Waals surface area contributed by atoms with Gasteiger partial charge in [-0.3, -0.25) is 4.79 Å². The Hall–Kier alpha value is -1.36. The molecule has 2 fully saturated rings. The van der Waals surface area contributed by atoms with E-state index in [1.807, 2.05) is 22.7 Å². The smallest absolute Gasteiger partial charge is 0.223 e. The van der Waals surface area contributed by atoms with Crippen molar-refractivity contribution >= 4 is 5.91 Å². The molecule has 122 valence electrons. The van der Waals surface area contributed by atoms with E-state index < -0.39 is 0 Å². The molecular weight excluding hydrogens is 278 g/mol. The van der Waals surface area contributed by atoms with Crippen molar-refractivity contribution in [1.82, 2.24) is 14.5 Å². The molecule has 2 heterocycles. The molecule has 0 unspecified atom stereocenters. The number of morpholine rings is 1. The molecule has 5 heteroatoms. The standard InChI is InChI=1S/C17H27N3O2/c1-19-13-18-11-15(19)7-8-17(21)20-9-10-22-16(12-20)14-5-3-2-4-6-14/h11,13-14,16H,2-10,12H2,1H3/t16-/m0/s1. The highest BCUT2D eigenvalue weighted by molar-refractivity contribution is 5.76. The molecule has 3 rings (SSSR count). The van der Waals surface area contributed by atoms with Gasteiger partial charge in [0.15, 0.2) is 0 Å². The van der Waals surface area contributed by atoms with Crippen molar-refractivity contribution in [3.63, 3.8) is 0 Å². The number of ether oxygens (including phenoxy) is 1. The molecule has 0 spiro atoms. The third-order valence-electron chi connectivity index (χ3n) is 5.13. The number of carbonyl (C=O) groups excluding carboxylic acids is 1. The summed E-state index contributed by atoms with van der Waals surface area (Å²) in [5, 5.41) is 0. The topological polar surface area (TPSA) is 47.4 Å². The lowest BCUT2D eigenvalue weighted by Crippen LogP contribution is -2.48. The maximum Gasteiger partial charge on any atom is 0.223 e. The fraction of sp³-hybridized carbons (Fsp3) is 0.765. The number of carbonyl (C=O) groups is 1. The number of rotatable bonds is 4. The van der Waals surface area contributed by atoms with Crippen LogP contribution in [-0.4, -0.2) is 46.2 Å². The molecule has 1 atom stereocenters. The average Bonchev–Trinajstić information content (AvgIpc) is 2.99. The van der Waals surface area contributed by atoms with Gasteiger partial charge in [-0.15, -0.1) is 0 Å². The van der Waals surface area contributed by atoms with Crippen LogP contribution in [0, 0.1) is 5.92 Å². The van der Waals surface area contributed by atoms with Gasteiger partial charge in [-0.25, -0.2) is 4.98 Å². The lowest BCUT2D eigenvalue weighted by molar-refractivity contribution is -0.141. The predicted molar refractivity (Wildman–Crippen MR) is 84.4 cm³/mol. The van der Waals surface area contributed by atoms with E-state index in [0.717, 1.165) is 25.2 Å². The number of nitrogens with zero attached hydrogens (tertiary/aromatic N) is 3. The molecule has 0 bridgehead atoms. The summed E-state index contributed by atoms with van der Waals surface area (Å²) >= 11 is 0. The van der Waals surface area contributed by atoms with Crippen LogP contribution in [0.15, 0.2) is 12.5 Å². The number of hydrogen-bond donors (Lipinski definition) is 0. The first kappa shape index (κ1) is 15.5. The van der Waals surface area contributed by atoms with Crippen molar-refractivity contribution < 1.29 is 9.53 Å². The van der Waals surface area contributed by atoms with Crippen LogP contribution in [0.4, 0.5) is 0 Å². The van der Waals surface area contributed by atoms with E-state index in [-0.39, 0.29) is 12.0 Å². The van der Waals surface area contributed by atoms with E-state index in [2.05, 4.69) is 4.98 Å². The quantitative estimate of drug-likeness (QED) is 0.856. The summed E-state index contributed by atoms with van der Waals surface area (Å²) in [4.78, 5) is 18.6. The van der Waals surface area contributed by atoms with Gasteiger partial charge in [0, 0.05) is 38.4 Å². The SMILES string of the molecule is Cn1cncc1CCC(=O)N1CCO[C@H](C2CCCCC2)C1. The molecule has 1 saturated carbocycles. The number of amides is 1. The van der Waals surface area contributed by atoms with Gasteiger partial charge in [0.1, 0.15) is 0 Å². The van der Waals surface area contributed by atoms with Gasteiger partial charge in [-0.1, -0.05) is 19.3 Å². The Morgan fingerprint density at radius 3 is 2.91 bits per heavy atom. The van der Waals surface area contributed by atoms with Gasteiger partial charge >= 0.3 is 0 Å². The molecular formula is C17H27N3O2. The Morgan fingerprint density at radius 2 is 2.18 bits per heavy atom. The normalized spacial score (nSPS) is 23.7. The van der Waals surface area contributed by atoms with Crippen LogP contribution in [-0.2, 0) is 23.0 Å². The highest BCUT2D eigenvalue weighted by Gasteiger charge is 2.30. The van der Waals surface area contributed by atoms with Crippen molar-refractivity contribution in [3.05, 3.63) is 18.2 Å². The lowest BCUT2D eigenvalue weighted by atomic mass is 9.84. The van der Waals surface area contributed by atoms with E-state index in [1.54, 1.807) is 6.33 Å². The third-order valence-corrected chi connectivity index (χ3v) is 5.13. The van der Waals surface area contributed by atoms with Crippen LogP contribution < -0.4 is 0 Å². The number of aromatic nitrogens is 2. The zero-order valence-electron chi connectivity index (χ0n) is 13.5. The molecule has 1 aliphatic heterocycles. The summed E-state index contributed by atoms with van der Waals surface area (Å²) in [5.74, 6) is 0.909. The van der Waals surface area contributed by atoms with Crippen molar-refractivity contribution in [2.24, 2.45) is 13.0 Å². The molecule has 1 saturated heterocycles. The van der Waals surface area contributed by atoms with E-state index in [4.69, 9.17) is 4.74 Å². The molecule has 1 amide bonds. The number of imidazole rings is 1. The summed E-state index contributed by atoms with van der Waals surface area (Å²) in [6.07, 6.45) is 11.7. The Morgan fingerprint density at radius 1 is 1.36 bits per heavy atom. The Labute approximate surface area is 132 Å². The van der Waals surface area contributed by atoms with Crippen LogP contribution in [0.5, 0.6) is 0 Å². The fourth-order valence-corrected chi connectivity index (χ4v) is 3.71. The van der Waals surface area contributed by atoms with Gasteiger partial charge in [-0.2, -0.15) is 0 Å². The van der Waals surface area contributed by atoms with E-state index in [9.17, 15) is 4.79 Å². The summed E-state index contributed by atoms with van der Waals surface area (Å²) in [6, 6.07) is 0. The Balaban J connectivity index is 1.50.